The number of aliphatic carboxylic acids is 1. The molecule has 0 saturated heterocycles. The number of aryl methyl sites for hydroxylation is 1. The van der Waals surface area contributed by atoms with Crippen LogP contribution >= 0.6 is 0 Å². The summed E-state index contributed by atoms with van der Waals surface area (Å²) >= 11 is 0. The predicted octanol–water partition coefficient (Wildman–Crippen LogP) is 2.48. The van der Waals surface area contributed by atoms with Crippen LogP contribution in [0.25, 0.3) is 0 Å². The van der Waals surface area contributed by atoms with Crippen molar-refractivity contribution in [3.05, 3.63) is 53.5 Å². The number of furan rings is 1. The molecule has 0 aliphatic rings. The predicted molar refractivity (Wildman–Crippen MR) is 79.8 cm³/mol. The second kappa shape index (κ2) is 6.93. The van der Waals surface area contributed by atoms with Crippen molar-refractivity contribution in [3.8, 4) is 0 Å². The summed E-state index contributed by atoms with van der Waals surface area (Å²) in [5, 5.41) is 8.67. The van der Waals surface area contributed by atoms with Gasteiger partial charge in [0.25, 0.3) is 10.0 Å². The number of halogens is 1. The van der Waals surface area contributed by atoms with Crippen LogP contribution in [0.1, 0.15) is 30.7 Å². The summed E-state index contributed by atoms with van der Waals surface area (Å²) in [5.41, 5.74) is 0.221. The van der Waals surface area contributed by atoms with Crippen LogP contribution in [0.4, 0.5) is 4.39 Å². The monoisotopic (exact) mass is 341 g/mol. The van der Waals surface area contributed by atoms with Crippen molar-refractivity contribution in [3.63, 3.8) is 0 Å². The van der Waals surface area contributed by atoms with E-state index < -0.39 is 34.3 Å². The lowest BCUT2D eigenvalue weighted by Gasteiger charge is -2.16. The smallest absolute Gasteiger partial charge is 0.305 e. The number of carboxylic acids is 1. The van der Waals surface area contributed by atoms with Crippen molar-refractivity contribution in [2.45, 2.75) is 30.9 Å². The molecule has 2 aromatic rings. The summed E-state index contributed by atoms with van der Waals surface area (Å²) in [5.74, 6) is -1.30. The highest BCUT2D eigenvalue weighted by molar-refractivity contribution is 7.89. The third kappa shape index (κ3) is 4.40. The summed E-state index contributed by atoms with van der Waals surface area (Å²) in [4.78, 5) is 11.0. The first-order valence-electron chi connectivity index (χ1n) is 6.90. The van der Waals surface area contributed by atoms with Gasteiger partial charge in [-0.3, -0.25) is 4.79 Å². The Morgan fingerprint density at radius 1 is 1.35 bits per heavy atom. The summed E-state index contributed by atoms with van der Waals surface area (Å²) in [6.45, 7) is 1.81. The molecule has 0 bridgehead atoms. The van der Waals surface area contributed by atoms with Gasteiger partial charge in [-0.05, 0) is 29.8 Å². The highest BCUT2D eigenvalue weighted by atomic mass is 32.2. The number of sulfonamides is 1. The van der Waals surface area contributed by atoms with Crippen molar-refractivity contribution in [2.24, 2.45) is 0 Å². The average Bonchev–Trinajstić information content (AvgIpc) is 2.95. The van der Waals surface area contributed by atoms with Crippen LogP contribution in [0.5, 0.6) is 0 Å². The molecule has 0 saturated carbocycles. The number of rotatable bonds is 7. The van der Waals surface area contributed by atoms with Crippen molar-refractivity contribution in [2.75, 3.05) is 0 Å². The Morgan fingerprint density at radius 3 is 2.65 bits per heavy atom. The standard InChI is InChI=1S/C15H16FNO5S/c1-2-12-6-7-15(22-12)23(20,21)17-13(9-14(18)19)10-4-3-5-11(16)8-10/h3-8,13,17H,2,9H2,1H3,(H,18,19). The van der Waals surface area contributed by atoms with E-state index in [2.05, 4.69) is 4.72 Å². The van der Waals surface area contributed by atoms with Gasteiger partial charge in [0.05, 0.1) is 12.5 Å². The van der Waals surface area contributed by atoms with E-state index in [1.165, 1.54) is 30.3 Å². The molecule has 1 heterocycles. The van der Waals surface area contributed by atoms with E-state index in [4.69, 9.17) is 9.52 Å². The van der Waals surface area contributed by atoms with Gasteiger partial charge in [0, 0.05) is 6.42 Å². The van der Waals surface area contributed by atoms with Crippen LogP contribution < -0.4 is 4.72 Å². The van der Waals surface area contributed by atoms with Crippen molar-refractivity contribution in [1.29, 1.82) is 0 Å². The van der Waals surface area contributed by atoms with Gasteiger partial charge in [-0.15, -0.1) is 0 Å². The molecule has 0 aliphatic carbocycles. The van der Waals surface area contributed by atoms with Gasteiger partial charge in [0.1, 0.15) is 11.6 Å². The maximum Gasteiger partial charge on any atom is 0.305 e. The minimum atomic E-state index is -4.06. The molecule has 8 heteroatoms. The van der Waals surface area contributed by atoms with E-state index in [9.17, 15) is 17.6 Å². The topological polar surface area (TPSA) is 96.6 Å². The molecule has 2 rings (SSSR count). The van der Waals surface area contributed by atoms with Crippen LogP contribution in [0, 0.1) is 5.82 Å². The van der Waals surface area contributed by atoms with E-state index in [0.29, 0.717) is 12.2 Å². The SMILES string of the molecule is CCc1ccc(S(=O)(=O)NC(CC(=O)O)c2cccc(F)c2)o1. The quantitative estimate of drug-likeness (QED) is 0.806. The lowest BCUT2D eigenvalue weighted by Crippen LogP contribution is -2.30. The molecule has 1 unspecified atom stereocenters. The lowest BCUT2D eigenvalue weighted by molar-refractivity contribution is -0.137. The molecule has 124 valence electrons. The fraction of sp³-hybridized carbons (Fsp3) is 0.267. The summed E-state index contributed by atoms with van der Waals surface area (Å²) in [6, 6.07) is 6.84. The molecule has 0 radical (unpaired) electrons. The van der Waals surface area contributed by atoms with Crippen LogP contribution in [0.15, 0.2) is 45.9 Å². The molecular weight excluding hydrogens is 325 g/mol. The van der Waals surface area contributed by atoms with Crippen LogP contribution in [-0.4, -0.2) is 19.5 Å². The zero-order chi connectivity index (χ0) is 17.0. The molecule has 2 N–H and O–H groups in total. The summed E-state index contributed by atoms with van der Waals surface area (Å²) in [7, 11) is -4.06. The summed E-state index contributed by atoms with van der Waals surface area (Å²) < 4.78 is 45.4. The van der Waals surface area contributed by atoms with Gasteiger partial charge in [-0.2, -0.15) is 0 Å². The highest BCUT2D eigenvalue weighted by Gasteiger charge is 2.26. The second-order valence-corrected chi connectivity index (χ2v) is 6.55. The minimum Gasteiger partial charge on any atom is -0.481 e. The Kier molecular flexibility index (Phi) is 5.17. The van der Waals surface area contributed by atoms with E-state index in [1.807, 2.05) is 6.92 Å². The zero-order valence-corrected chi connectivity index (χ0v) is 13.1. The number of hydrogen-bond acceptors (Lipinski definition) is 4. The van der Waals surface area contributed by atoms with Crippen molar-refractivity contribution >= 4 is 16.0 Å². The van der Waals surface area contributed by atoms with Gasteiger partial charge < -0.3 is 9.52 Å². The molecule has 0 spiro atoms. The fourth-order valence-corrected chi connectivity index (χ4v) is 3.24. The third-order valence-corrected chi connectivity index (χ3v) is 4.52. The largest absolute Gasteiger partial charge is 0.481 e. The Morgan fingerprint density at radius 2 is 2.09 bits per heavy atom. The van der Waals surface area contributed by atoms with Crippen LogP contribution in [-0.2, 0) is 21.2 Å². The Hall–Kier alpha value is -2.19. The first kappa shape index (κ1) is 17.2. The lowest BCUT2D eigenvalue weighted by atomic mass is 10.1. The normalized spacial score (nSPS) is 13.0. The number of carbonyl (C=O) groups is 1. The van der Waals surface area contributed by atoms with E-state index >= 15 is 0 Å². The molecule has 1 aromatic heterocycles. The fourth-order valence-electron chi connectivity index (χ4n) is 2.06. The van der Waals surface area contributed by atoms with Gasteiger partial charge in [0.2, 0.25) is 5.09 Å². The first-order chi connectivity index (χ1) is 10.8. The Labute approximate surface area is 133 Å². The Balaban J connectivity index is 2.31. The molecule has 0 amide bonds. The molecule has 6 nitrogen and oxygen atoms in total. The van der Waals surface area contributed by atoms with Crippen molar-refractivity contribution in [1.82, 2.24) is 4.72 Å². The highest BCUT2D eigenvalue weighted by Crippen LogP contribution is 2.22. The van der Waals surface area contributed by atoms with Crippen LogP contribution in [0.2, 0.25) is 0 Å². The molecular formula is C15H16FNO5S. The van der Waals surface area contributed by atoms with Gasteiger partial charge in [-0.1, -0.05) is 19.1 Å². The average molecular weight is 341 g/mol. The van der Waals surface area contributed by atoms with Crippen LogP contribution in [0.3, 0.4) is 0 Å². The minimum absolute atomic E-state index is 0.221. The van der Waals surface area contributed by atoms with Crippen molar-refractivity contribution < 1.29 is 27.1 Å². The maximum absolute atomic E-state index is 13.3. The molecule has 1 atom stereocenters. The van der Waals surface area contributed by atoms with Gasteiger partial charge >= 0.3 is 5.97 Å². The maximum atomic E-state index is 13.3. The molecule has 1 aromatic carbocycles. The first-order valence-corrected chi connectivity index (χ1v) is 8.38. The van der Waals surface area contributed by atoms with E-state index in [0.717, 1.165) is 6.07 Å². The third-order valence-electron chi connectivity index (χ3n) is 3.18. The van der Waals surface area contributed by atoms with Gasteiger partial charge in [0.15, 0.2) is 0 Å². The number of nitrogens with one attached hydrogen (secondary N) is 1. The van der Waals surface area contributed by atoms with Gasteiger partial charge in [-0.25, -0.2) is 17.5 Å². The molecule has 23 heavy (non-hydrogen) atoms. The zero-order valence-electron chi connectivity index (χ0n) is 12.3. The number of carboxylic acid groups (broad SMARTS) is 1. The summed E-state index contributed by atoms with van der Waals surface area (Å²) in [6.07, 6.45) is 0.00198. The van der Waals surface area contributed by atoms with E-state index in [1.54, 1.807) is 0 Å². The Bertz CT molecular complexity index is 800. The molecule has 0 aliphatic heterocycles. The number of benzene rings is 1. The number of hydrogen-bond donors (Lipinski definition) is 2. The molecule has 0 fully saturated rings. The second-order valence-electron chi connectivity index (χ2n) is 4.90. The van der Waals surface area contributed by atoms with E-state index in [-0.39, 0.29) is 10.7 Å².